The first-order chi connectivity index (χ1) is 9.55. The molecular weight excluding hydrogens is 285 g/mol. The summed E-state index contributed by atoms with van der Waals surface area (Å²) in [6.07, 6.45) is -1.11. The van der Waals surface area contributed by atoms with Crippen LogP contribution in [0.3, 0.4) is 0 Å². The van der Waals surface area contributed by atoms with E-state index in [1.807, 2.05) is 6.92 Å². The van der Waals surface area contributed by atoms with Gasteiger partial charge in [-0.2, -0.15) is 0 Å². The van der Waals surface area contributed by atoms with Gasteiger partial charge in [0.05, 0.1) is 0 Å². The standard InChI is InChI=1S/C14H29BNO4Si/c1-9-10(2)18-13(19-16-15)12(11(9)17-6)20-21(7,8)14(3,4)5/h9-13H,1-8H3. The third-order valence-corrected chi connectivity index (χ3v) is 9.35. The Bertz CT molecular complexity index is 361. The molecule has 21 heavy (non-hydrogen) atoms. The summed E-state index contributed by atoms with van der Waals surface area (Å²) in [5.74, 6) is 0.197. The Morgan fingerprint density at radius 2 is 1.71 bits per heavy atom. The SMILES string of the molecule is [B]=NOC1OC(C)C(C)C(OC)C1O[Si](C)(C)C(C)(C)C. The molecule has 1 heterocycles. The Hall–Kier alpha value is -0.238. The molecule has 0 N–H and O–H groups in total. The zero-order chi connectivity index (χ0) is 16.4. The van der Waals surface area contributed by atoms with Crippen molar-refractivity contribution in [3.05, 3.63) is 0 Å². The van der Waals surface area contributed by atoms with Crippen LogP contribution in [0.4, 0.5) is 0 Å². The fraction of sp³-hybridized carbons (Fsp3) is 1.00. The van der Waals surface area contributed by atoms with Gasteiger partial charge in [-0.1, -0.05) is 0 Å². The molecule has 5 unspecified atom stereocenters. The third-order valence-electron chi connectivity index (χ3n) is 4.87. The van der Waals surface area contributed by atoms with Gasteiger partial charge in [-0.25, -0.2) is 0 Å². The molecule has 7 heteroatoms. The van der Waals surface area contributed by atoms with Crippen LogP contribution in [0.1, 0.15) is 34.6 Å². The summed E-state index contributed by atoms with van der Waals surface area (Å²) in [6.45, 7) is 15.1. The molecule has 1 aliphatic rings. The van der Waals surface area contributed by atoms with Crippen molar-refractivity contribution in [1.82, 2.24) is 0 Å². The van der Waals surface area contributed by atoms with Crippen molar-refractivity contribution in [2.45, 2.75) is 77.4 Å². The Labute approximate surface area is 130 Å². The second-order valence-corrected chi connectivity index (χ2v) is 12.1. The van der Waals surface area contributed by atoms with Crippen molar-refractivity contribution in [2.75, 3.05) is 7.11 Å². The maximum atomic E-state index is 6.48. The van der Waals surface area contributed by atoms with Crippen LogP contribution < -0.4 is 0 Å². The maximum absolute atomic E-state index is 6.48. The van der Waals surface area contributed by atoms with E-state index >= 15 is 0 Å². The average Bonchev–Trinajstić information content (AvgIpc) is 2.34. The van der Waals surface area contributed by atoms with E-state index in [0.29, 0.717) is 0 Å². The fourth-order valence-electron chi connectivity index (χ4n) is 2.27. The van der Waals surface area contributed by atoms with Crippen LogP contribution in [0.2, 0.25) is 18.1 Å². The average molecular weight is 314 g/mol. The number of ether oxygens (including phenoxy) is 2. The summed E-state index contributed by atoms with van der Waals surface area (Å²) in [5, 5.41) is 3.37. The zero-order valence-corrected chi connectivity index (χ0v) is 15.5. The van der Waals surface area contributed by atoms with Gasteiger partial charge in [0, 0.05) is 0 Å². The van der Waals surface area contributed by atoms with E-state index in [1.165, 1.54) is 0 Å². The van der Waals surface area contributed by atoms with E-state index in [9.17, 15) is 0 Å². The van der Waals surface area contributed by atoms with E-state index in [0.717, 1.165) is 0 Å². The van der Waals surface area contributed by atoms with Crippen molar-refractivity contribution in [3.8, 4) is 0 Å². The second-order valence-electron chi connectivity index (χ2n) is 7.32. The Morgan fingerprint density at radius 3 is 2.14 bits per heavy atom. The summed E-state index contributed by atoms with van der Waals surface area (Å²) in [6, 6.07) is 0. The quantitative estimate of drug-likeness (QED) is 0.578. The van der Waals surface area contributed by atoms with E-state index in [4.69, 9.17) is 26.4 Å². The summed E-state index contributed by atoms with van der Waals surface area (Å²) < 4.78 is 18.0. The van der Waals surface area contributed by atoms with Gasteiger partial charge in [0.25, 0.3) is 0 Å². The van der Waals surface area contributed by atoms with Crippen LogP contribution in [0.5, 0.6) is 0 Å². The molecule has 5 nitrogen and oxygen atoms in total. The van der Waals surface area contributed by atoms with Crippen molar-refractivity contribution in [1.29, 1.82) is 0 Å². The van der Waals surface area contributed by atoms with Crippen molar-refractivity contribution >= 4 is 16.0 Å². The summed E-state index contributed by atoms with van der Waals surface area (Å²) in [4.78, 5) is 5.20. The zero-order valence-electron chi connectivity index (χ0n) is 14.5. The molecule has 1 rings (SSSR count). The van der Waals surface area contributed by atoms with Gasteiger partial charge in [0.15, 0.2) is 0 Å². The predicted octanol–water partition coefficient (Wildman–Crippen LogP) is 3.06. The monoisotopic (exact) mass is 314 g/mol. The third kappa shape index (κ3) is 4.15. The van der Waals surface area contributed by atoms with Gasteiger partial charge in [0.2, 0.25) is 0 Å². The first kappa shape index (κ1) is 18.8. The van der Waals surface area contributed by atoms with Gasteiger partial charge < -0.3 is 0 Å². The van der Waals surface area contributed by atoms with Crippen LogP contribution >= 0.6 is 0 Å². The molecule has 0 aromatic heterocycles. The van der Waals surface area contributed by atoms with Gasteiger partial charge >= 0.3 is 130 Å². The molecule has 0 aliphatic carbocycles. The molecule has 0 aromatic rings. The number of nitrogens with zero attached hydrogens (tertiary/aromatic N) is 1. The minimum absolute atomic E-state index is 0.0130. The topological polar surface area (TPSA) is 49.3 Å². The fourth-order valence-corrected chi connectivity index (χ4v) is 3.55. The van der Waals surface area contributed by atoms with Gasteiger partial charge in [0.1, 0.15) is 0 Å². The number of hydrogen-bond acceptors (Lipinski definition) is 5. The molecule has 0 bridgehead atoms. The van der Waals surface area contributed by atoms with E-state index in [-0.39, 0.29) is 29.3 Å². The molecule has 0 saturated carbocycles. The van der Waals surface area contributed by atoms with Gasteiger partial charge in [-0.15, -0.1) is 0 Å². The predicted molar refractivity (Wildman–Crippen MR) is 85.6 cm³/mol. The van der Waals surface area contributed by atoms with Crippen molar-refractivity contribution in [2.24, 2.45) is 11.0 Å². The number of hydrogen-bond donors (Lipinski definition) is 0. The molecule has 1 aliphatic heterocycles. The number of methoxy groups -OCH3 is 1. The van der Waals surface area contributed by atoms with Crippen LogP contribution in [0.15, 0.2) is 5.06 Å². The van der Waals surface area contributed by atoms with Crippen LogP contribution in [-0.4, -0.2) is 47.7 Å². The molecule has 5 atom stereocenters. The molecule has 1 saturated heterocycles. The van der Waals surface area contributed by atoms with Crippen LogP contribution in [-0.2, 0) is 18.7 Å². The molecule has 0 aromatic carbocycles. The van der Waals surface area contributed by atoms with Crippen molar-refractivity contribution < 1.29 is 18.7 Å². The summed E-state index contributed by atoms with van der Waals surface area (Å²) >= 11 is 0. The Morgan fingerprint density at radius 1 is 1.14 bits per heavy atom. The minimum atomic E-state index is -2.00. The molecule has 121 valence electrons. The molecular formula is C14H29BNO4Si. The van der Waals surface area contributed by atoms with Crippen LogP contribution in [0.25, 0.3) is 0 Å². The summed E-state index contributed by atoms with van der Waals surface area (Å²) in [7, 11) is 4.87. The molecule has 0 spiro atoms. The summed E-state index contributed by atoms with van der Waals surface area (Å²) in [5.41, 5.74) is 0. The second kappa shape index (κ2) is 6.90. The normalized spacial score (nSPS) is 34.5. The van der Waals surface area contributed by atoms with E-state index in [1.54, 1.807) is 7.11 Å². The van der Waals surface area contributed by atoms with Gasteiger partial charge in [-0.3, -0.25) is 0 Å². The van der Waals surface area contributed by atoms with Gasteiger partial charge in [-0.05, 0) is 0 Å². The van der Waals surface area contributed by atoms with Crippen LogP contribution in [0, 0.1) is 5.92 Å². The number of rotatable bonds is 5. The molecule has 0 amide bonds. The van der Waals surface area contributed by atoms with Crippen molar-refractivity contribution in [3.63, 3.8) is 0 Å². The Balaban J connectivity index is 3.03. The molecule has 1 fully saturated rings. The Kier molecular flexibility index (Phi) is 6.18. The first-order valence-corrected chi connectivity index (χ1v) is 10.4. The molecule has 1 radical (unpaired) electrons. The van der Waals surface area contributed by atoms with E-state index in [2.05, 4.69) is 45.8 Å². The van der Waals surface area contributed by atoms with E-state index < -0.39 is 14.6 Å². The first-order valence-electron chi connectivity index (χ1n) is 7.47.